The van der Waals surface area contributed by atoms with E-state index in [4.69, 9.17) is 4.74 Å². The van der Waals surface area contributed by atoms with Gasteiger partial charge in [-0.3, -0.25) is 0 Å². The Balaban J connectivity index is 2.46. The highest BCUT2D eigenvalue weighted by atomic mass is 16.5. The van der Waals surface area contributed by atoms with Crippen molar-refractivity contribution in [3.05, 3.63) is 54.2 Å². The van der Waals surface area contributed by atoms with Crippen LogP contribution in [0.15, 0.2) is 42.5 Å². The number of hydrogen-bond acceptors (Lipinski definition) is 2. The molecule has 0 aliphatic carbocycles. The molecule has 79 valence electrons. The van der Waals surface area contributed by atoms with E-state index in [1.807, 2.05) is 30.3 Å². The summed E-state index contributed by atoms with van der Waals surface area (Å²) < 4.78 is 5.09. The van der Waals surface area contributed by atoms with Gasteiger partial charge in [0.15, 0.2) is 6.10 Å². The van der Waals surface area contributed by atoms with Crippen molar-refractivity contribution in [3.63, 3.8) is 0 Å². The van der Waals surface area contributed by atoms with Crippen LogP contribution in [0, 0.1) is 6.10 Å². The van der Waals surface area contributed by atoms with Gasteiger partial charge in [0, 0.05) is 12.0 Å². The van der Waals surface area contributed by atoms with E-state index in [0.29, 0.717) is 18.1 Å². The van der Waals surface area contributed by atoms with Crippen LogP contribution in [0.3, 0.4) is 0 Å². The summed E-state index contributed by atoms with van der Waals surface area (Å²) in [6.07, 6.45) is 1.34. The molecule has 0 fully saturated rings. The van der Waals surface area contributed by atoms with Crippen molar-refractivity contribution in [3.8, 4) is 0 Å². The van der Waals surface area contributed by atoms with Crippen LogP contribution >= 0.6 is 0 Å². The molecule has 0 aliphatic rings. The molecule has 2 heteroatoms. The molecule has 0 spiro atoms. The third-order valence-electron chi connectivity index (χ3n) is 1.91. The predicted molar refractivity (Wildman–Crippen MR) is 60.0 cm³/mol. The van der Waals surface area contributed by atoms with Gasteiger partial charge in [-0.05, 0) is 19.4 Å². The number of benzene rings is 1. The van der Waals surface area contributed by atoms with Gasteiger partial charge in [-0.15, -0.1) is 0 Å². The standard InChI is InChI=1S/C13H15O2/c1-10(2)13(14)15-11(3)9-12-7-5-4-6-8-12/h4-8H,1,9H2,2-3H3. The number of rotatable bonds is 4. The van der Waals surface area contributed by atoms with Gasteiger partial charge in [-0.2, -0.15) is 0 Å². The van der Waals surface area contributed by atoms with Crippen LogP contribution < -0.4 is 0 Å². The average Bonchev–Trinajstić information content (AvgIpc) is 2.18. The first-order valence-electron chi connectivity index (χ1n) is 4.83. The Morgan fingerprint density at radius 1 is 1.27 bits per heavy atom. The monoisotopic (exact) mass is 203 g/mol. The first-order chi connectivity index (χ1) is 7.09. The maximum absolute atomic E-state index is 11.2. The minimum Gasteiger partial charge on any atom is -0.451 e. The SMILES string of the molecule is C=C(C)C(=O)O[C](C)Cc1ccccc1. The summed E-state index contributed by atoms with van der Waals surface area (Å²) in [4.78, 5) is 11.2. The molecule has 0 atom stereocenters. The minimum atomic E-state index is -0.358. The average molecular weight is 203 g/mol. The lowest BCUT2D eigenvalue weighted by Crippen LogP contribution is -2.10. The Bertz CT molecular complexity index is 341. The zero-order valence-corrected chi connectivity index (χ0v) is 9.12. The molecular weight excluding hydrogens is 188 g/mol. The Kier molecular flexibility index (Phi) is 4.10. The van der Waals surface area contributed by atoms with Crippen LogP contribution in [-0.4, -0.2) is 5.97 Å². The van der Waals surface area contributed by atoms with Crippen molar-refractivity contribution in [2.24, 2.45) is 0 Å². The molecule has 0 N–H and O–H groups in total. The van der Waals surface area contributed by atoms with E-state index in [9.17, 15) is 4.79 Å². The fourth-order valence-corrected chi connectivity index (χ4v) is 1.16. The van der Waals surface area contributed by atoms with Crippen molar-refractivity contribution in [2.45, 2.75) is 20.3 Å². The predicted octanol–water partition coefficient (Wildman–Crippen LogP) is 2.90. The minimum absolute atomic E-state index is 0.358. The second kappa shape index (κ2) is 5.35. The summed E-state index contributed by atoms with van der Waals surface area (Å²) in [5, 5.41) is 0. The lowest BCUT2D eigenvalue weighted by Gasteiger charge is -2.11. The van der Waals surface area contributed by atoms with Gasteiger partial charge in [-0.25, -0.2) is 4.79 Å². The van der Waals surface area contributed by atoms with E-state index in [2.05, 4.69) is 6.58 Å². The summed E-state index contributed by atoms with van der Waals surface area (Å²) in [5.74, 6) is -0.358. The van der Waals surface area contributed by atoms with Gasteiger partial charge in [-0.1, -0.05) is 36.9 Å². The zero-order valence-electron chi connectivity index (χ0n) is 9.12. The summed E-state index contributed by atoms with van der Waals surface area (Å²) in [7, 11) is 0. The fourth-order valence-electron chi connectivity index (χ4n) is 1.16. The lowest BCUT2D eigenvalue weighted by atomic mass is 10.1. The Hall–Kier alpha value is -1.57. The first-order valence-corrected chi connectivity index (χ1v) is 4.83. The van der Waals surface area contributed by atoms with Crippen molar-refractivity contribution in [2.75, 3.05) is 0 Å². The molecule has 2 nitrogen and oxygen atoms in total. The number of carbonyl (C=O) groups is 1. The van der Waals surface area contributed by atoms with Crippen molar-refractivity contribution >= 4 is 5.97 Å². The summed E-state index contributed by atoms with van der Waals surface area (Å²) >= 11 is 0. The van der Waals surface area contributed by atoms with Crippen LogP contribution in [-0.2, 0) is 16.0 Å². The van der Waals surface area contributed by atoms with Crippen LogP contribution in [0.25, 0.3) is 0 Å². The van der Waals surface area contributed by atoms with Crippen LogP contribution in [0.1, 0.15) is 19.4 Å². The molecule has 1 rings (SSSR count). The van der Waals surface area contributed by atoms with Gasteiger partial charge in [0.25, 0.3) is 0 Å². The molecule has 0 aromatic heterocycles. The van der Waals surface area contributed by atoms with Crippen molar-refractivity contribution in [1.82, 2.24) is 0 Å². The highest BCUT2D eigenvalue weighted by Gasteiger charge is 2.11. The second-order valence-electron chi connectivity index (χ2n) is 3.53. The van der Waals surface area contributed by atoms with E-state index >= 15 is 0 Å². The number of ether oxygens (including phenoxy) is 1. The maximum atomic E-state index is 11.2. The fraction of sp³-hybridized carbons (Fsp3) is 0.231. The third kappa shape index (κ3) is 3.98. The Morgan fingerprint density at radius 2 is 1.87 bits per heavy atom. The van der Waals surface area contributed by atoms with Gasteiger partial charge in [0.1, 0.15) is 0 Å². The molecule has 0 bridgehead atoms. The normalized spacial score (nSPS) is 10.1. The second-order valence-corrected chi connectivity index (χ2v) is 3.53. The maximum Gasteiger partial charge on any atom is 0.333 e. The van der Waals surface area contributed by atoms with E-state index < -0.39 is 0 Å². The summed E-state index contributed by atoms with van der Waals surface area (Å²) in [5.41, 5.74) is 1.55. The summed E-state index contributed by atoms with van der Waals surface area (Å²) in [6, 6.07) is 9.88. The molecule has 1 radical (unpaired) electrons. The number of esters is 1. The van der Waals surface area contributed by atoms with E-state index in [1.54, 1.807) is 13.8 Å². The van der Waals surface area contributed by atoms with Gasteiger partial charge in [0.05, 0.1) is 0 Å². The smallest absolute Gasteiger partial charge is 0.333 e. The van der Waals surface area contributed by atoms with Crippen molar-refractivity contribution in [1.29, 1.82) is 0 Å². The van der Waals surface area contributed by atoms with Gasteiger partial charge >= 0.3 is 5.97 Å². The number of hydrogen-bond donors (Lipinski definition) is 0. The Labute approximate surface area is 90.6 Å². The largest absolute Gasteiger partial charge is 0.451 e. The topological polar surface area (TPSA) is 26.3 Å². The van der Waals surface area contributed by atoms with Gasteiger partial charge < -0.3 is 4.74 Å². The van der Waals surface area contributed by atoms with E-state index in [1.165, 1.54) is 0 Å². The quantitative estimate of drug-likeness (QED) is 0.555. The lowest BCUT2D eigenvalue weighted by molar-refractivity contribution is -0.137. The molecule has 0 saturated carbocycles. The molecule has 0 unspecified atom stereocenters. The Morgan fingerprint density at radius 3 is 2.40 bits per heavy atom. The molecule has 0 amide bonds. The van der Waals surface area contributed by atoms with Crippen LogP contribution in [0.2, 0.25) is 0 Å². The van der Waals surface area contributed by atoms with E-state index in [0.717, 1.165) is 5.56 Å². The third-order valence-corrected chi connectivity index (χ3v) is 1.91. The highest BCUT2D eigenvalue weighted by Crippen LogP contribution is 2.12. The van der Waals surface area contributed by atoms with Crippen molar-refractivity contribution < 1.29 is 9.53 Å². The van der Waals surface area contributed by atoms with Crippen LogP contribution in [0.4, 0.5) is 0 Å². The molecule has 0 aliphatic heterocycles. The first kappa shape index (κ1) is 11.5. The summed E-state index contributed by atoms with van der Waals surface area (Å²) in [6.45, 7) is 6.96. The molecule has 1 aromatic rings. The molecule has 0 heterocycles. The van der Waals surface area contributed by atoms with Gasteiger partial charge in [0.2, 0.25) is 0 Å². The molecule has 15 heavy (non-hydrogen) atoms. The molecule has 0 saturated heterocycles. The molecular formula is C13H15O2. The van der Waals surface area contributed by atoms with Crippen LogP contribution in [0.5, 0.6) is 0 Å². The highest BCUT2D eigenvalue weighted by molar-refractivity contribution is 5.87. The van der Waals surface area contributed by atoms with E-state index in [-0.39, 0.29) is 5.97 Å². The zero-order chi connectivity index (χ0) is 11.3. The number of carbonyl (C=O) groups excluding carboxylic acids is 1. The molecule has 1 aromatic carbocycles.